The van der Waals surface area contributed by atoms with E-state index in [1.54, 1.807) is 32.0 Å². The molecule has 0 aliphatic carbocycles. The van der Waals surface area contributed by atoms with E-state index in [2.05, 4.69) is 25.6 Å². The molecule has 1 aliphatic rings. The van der Waals surface area contributed by atoms with E-state index in [1.165, 1.54) is 0 Å². The number of hydrogen-bond donors (Lipinski definition) is 4. The summed E-state index contributed by atoms with van der Waals surface area (Å²) < 4.78 is 25.9. The van der Waals surface area contributed by atoms with Gasteiger partial charge in [0.25, 0.3) is 5.91 Å². The van der Waals surface area contributed by atoms with Gasteiger partial charge in [0.2, 0.25) is 10.0 Å². The summed E-state index contributed by atoms with van der Waals surface area (Å²) in [6, 6.07) is 5.03. The number of anilines is 2. The summed E-state index contributed by atoms with van der Waals surface area (Å²) in [5.41, 5.74) is 4.08. The Balaban J connectivity index is 0.00000243. The number of rotatable bonds is 5. The van der Waals surface area contributed by atoms with Gasteiger partial charge in [0.1, 0.15) is 0 Å². The predicted octanol–water partition coefficient (Wildman–Crippen LogP) is 1.80. The first-order valence-corrected chi connectivity index (χ1v) is 9.74. The summed E-state index contributed by atoms with van der Waals surface area (Å²) in [4.78, 5) is 12.5. The Hall–Kier alpha value is -2.10. The summed E-state index contributed by atoms with van der Waals surface area (Å²) in [6.07, 6.45) is 0.820. The molecule has 1 amide bonds. The minimum atomic E-state index is -3.34. The molecule has 26 heavy (non-hydrogen) atoms. The third kappa shape index (κ3) is 4.35. The Bertz CT molecular complexity index is 911. The van der Waals surface area contributed by atoms with Gasteiger partial charge in [-0.25, -0.2) is 8.42 Å². The molecular formula is C16H22ClN5O3S. The van der Waals surface area contributed by atoms with E-state index in [0.717, 1.165) is 29.8 Å². The largest absolute Gasteiger partial charge is 0.321 e. The second-order valence-corrected chi connectivity index (χ2v) is 7.96. The molecule has 0 fully saturated rings. The highest BCUT2D eigenvalue weighted by Gasteiger charge is 2.21. The van der Waals surface area contributed by atoms with Crippen LogP contribution in [0.1, 0.15) is 34.2 Å². The Labute approximate surface area is 158 Å². The lowest BCUT2D eigenvalue weighted by Gasteiger charge is -2.13. The fourth-order valence-corrected chi connectivity index (χ4v) is 3.41. The van der Waals surface area contributed by atoms with E-state index in [4.69, 9.17) is 0 Å². The van der Waals surface area contributed by atoms with Crippen LogP contribution in [0.5, 0.6) is 0 Å². The number of halogens is 1. The maximum Gasteiger partial charge on any atom is 0.276 e. The van der Waals surface area contributed by atoms with E-state index in [9.17, 15) is 13.2 Å². The number of nitrogens with one attached hydrogen (secondary N) is 4. The van der Waals surface area contributed by atoms with Crippen LogP contribution in [0.3, 0.4) is 0 Å². The fraction of sp³-hybridized carbons (Fsp3) is 0.375. The van der Waals surface area contributed by atoms with Crippen LogP contribution in [0, 0.1) is 6.92 Å². The van der Waals surface area contributed by atoms with Crippen molar-refractivity contribution in [2.45, 2.75) is 26.8 Å². The number of carbonyl (C=O) groups excluding carboxylic acids is 1. The number of aryl methyl sites for hydroxylation is 1. The van der Waals surface area contributed by atoms with Crippen molar-refractivity contribution in [3.63, 3.8) is 0 Å². The molecular weight excluding hydrogens is 378 g/mol. The topological polar surface area (TPSA) is 116 Å². The lowest BCUT2D eigenvalue weighted by Crippen LogP contribution is -2.25. The van der Waals surface area contributed by atoms with Crippen molar-refractivity contribution in [1.82, 2.24) is 15.5 Å². The van der Waals surface area contributed by atoms with Crippen LogP contribution < -0.4 is 15.4 Å². The van der Waals surface area contributed by atoms with Gasteiger partial charge >= 0.3 is 0 Å². The predicted molar refractivity (Wildman–Crippen MR) is 103 cm³/mol. The zero-order chi connectivity index (χ0) is 18.0. The molecule has 10 heteroatoms. The molecule has 4 N–H and O–H groups in total. The summed E-state index contributed by atoms with van der Waals surface area (Å²) in [5, 5.41) is 13.1. The summed E-state index contributed by atoms with van der Waals surface area (Å²) in [5.74, 6) is -0.286. The molecule has 0 saturated heterocycles. The third-order valence-corrected chi connectivity index (χ3v) is 5.44. The number of benzene rings is 1. The van der Waals surface area contributed by atoms with E-state index >= 15 is 0 Å². The highest BCUT2D eigenvalue weighted by molar-refractivity contribution is 7.92. The van der Waals surface area contributed by atoms with Gasteiger partial charge in [-0.05, 0) is 37.6 Å². The normalized spacial score (nSPS) is 13.5. The first-order valence-electron chi connectivity index (χ1n) is 8.09. The number of fused-ring (bicyclic) bond motifs is 1. The molecule has 1 aliphatic heterocycles. The zero-order valence-corrected chi connectivity index (χ0v) is 16.2. The van der Waals surface area contributed by atoms with Crippen molar-refractivity contribution in [2.75, 3.05) is 22.3 Å². The van der Waals surface area contributed by atoms with Gasteiger partial charge in [-0.3, -0.25) is 14.6 Å². The molecule has 2 aromatic rings. The molecule has 0 atom stereocenters. The van der Waals surface area contributed by atoms with Crippen LogP contribution in [-0.2, 0) is 23.0 Å². The van der Waals surface area contributed by atoms with Crippen LogP contribution in [0.25, 0.3) is 0 Å². The van der Waals surface area contributed by atoms with E-state index in [-0.39, 0.29) is 24.1 Å². The quantitative estimate of drug-likeness (QED) is 0.611. The van der Waals surface area contributed by atoms with Crippen molar-refractivity contribution < 1.29 is 13.2 Å². The van der Waals surface area contributed by atoms with Crippen LogP contribution in [0.15, 0.2) is 18.2 Å². The van der Waals surface area contributed by atoms with Crippen LogP contribution in [0.2, 0.25) is 0 Å². The number of carbonyl (C=O) groups is 1. The van der Waals surface area contributed by atoms with Crippen LogP contribution in [-0.4, -0.2) is 36.8 Å². The van der Waals surface area contributed by atoms with Crippen LogP contribution >= 0.6 is 12.4 Å². The third-order valence-electron chi connectivity index (χ3n) is 4.15. The van der Waals surface area contributed by atoms with E-state index in [1.807, 2.05) is 0 Å². The number of aromatic nitrogens is 2. The molecule has 0 radical (unpaired) electrons. The Morgan fingerprint density at radius 3 is 2.81 bits per heavy atom. The molecule has 8 nitrogen and oxygen atoms in total. The monoisotopic (exact) mass is 399 g/mol. The number of H-pyrrole nitrogens is 1. The second-order valence-electron chi connectivity index (χ2n) is 5.95. The van der Waals surface area contributed by atoms with E-state index < -0.39 is 10.0 Å². The lowest BCUT2D eigenvalue weighted by atomic mass is 10.1. The van der Waals surface area contributed by atoms with Gasteiger partial charge in [-0.15, -0.1) is 12.4 Å². The zero-order valence-electron chi connectivity index (χ0n) is 14.5. The molecule has 142 valence electrons. The number of hydrogen-bond acceptors (Lipinski definition) is 5. The molecule has 1 aromatic carbocycles. The maximum atomic E-state index is 12.5. The molecule has 3 rings (SSSR count). The standard InChI is InChI=1S/C16H21N5O3S.ClH/c1-3-25(23,24)21-13-5-4-11(8-10(13)2)18-16(22)15-12-9-17-7-6-14(12)19-20-15;/h4-5,8,17,21H,3,6-7,9H2,1-2H3,(H,18,22)(H,19,20);1H. The first kappa shape index (κ1) is 20.2. The van der Waals surface area contributed by atoms with Gasteiger partial charge in [-0.2, -0.15) is 5.10 Å². The van der Waals surface area contributed by atoms with Crippen molar-refractivity contribution in [1.29, 1.82) is 0 Å². The number of amides is 1. The number of nitrogens with zero attached hydrogens (tertiary/aromatic N) is 1. The molecule has 1 aromatic heterocycles. The first-order chi connectivity index (χ1) is 11.9. The average Bonchev–Trinajstić information content (AvgIpc) is 3.01. The van der Waals surface area contributed by atoms with Gasteiger partial charge in [0, 0.05) is 36.5 Å². The Kier molecular flexibility index (Phi) is 6.27. The molecule has 2 heterocycles. The summed E-state index contributed by atoms with van der Waals surface area (Å²) in [7, 11) is -3.34. The van der Waals surface area contributed by atoms with Gasteiger partial charge in [-0.1, -0.05) is 0 Å². The minimum absolute atomic E-state index is 0. The van der Waals surface area contributed by atoms with Gasteiger partial charge in [0.05, 0.1) is 11.4 Å². The van der Waals surface area contributed by atoms with Gasteiger partial charge in [0.15, 0.2) is 5.69 Å². The lowest BCUT2D eigenvalue weighted by molar-refractivity contribution is 0.102. The molecule has 0 bridgehead atoms. The number of aromatic amines is 1. The Morgan fingerprint density at radius 2 is 2.12 bits per heavy atom. The maximum absolute atomic E-state index is 12.5. The SMILES string of the molecule is CCS(=O)(=O)Nc1ccc(NC(=O)c2n[nH]c3c2CNCC3)cc1C.Cl. The average molecular weight is 400 g/mol. The van der Waals surface area contributed by atoms with Crippen LogP contribution in [0.4, 0.5) is 11.4 Å². The molecule has 0 saturated carbocycles. The highest BCUT2D eigenvalue weighted by Crippen LogP contribution is 2.22. The van der Waals surface area contributed by atoms with Crippen molar-refractivity contribution in [3.8, 4) is 0 Å². The van der Waals surface area contributed by atoms with Crippen molar-refractivity contribution in [2.24, 2.45) is 0 Å². The summed E-state index contributed by atoms with van der Waals surface area (Å²) >= 11 is 0. The van der Waals surface area contributed by atoms with Crippen molar-refractivity contribution in [3.05, 3.63) is 40.7 Å². The number of sulfonamides is 1. The van der Waals surface area contributed by atoms with E-state index in [0.29, 0.717) is 23.6 Å². The summed E-state index contributed by atoms with van der Waals surface area (Å²) in [6.45, 7) is 4.84. The second kappa shape index (κ2) is 8.07. The molecule has 0 spiro atoms. The smallest absolute Gasteiger partial charge is 0.276 e. The Morgan fingerprint density at radius 1 is 1.35 bits per heavy atom. The molecule has 0 unspecified atom stereocenters. The highest BCUT2D eigenvalue weighted by atomic mass is 35.5. The fourth-order valence-electron chi connectivity index (χ4n) is 2.70. The minimum Gasteiger partial charge on any atom is -0.321 e. The van der Waals surface area contributed by atoms with Gasteiger partial charge < -0.3 is 10.6 Å². The van der Waals surface area contributed by atoms with Crippen molar-refractivity contribution >= 4 is 39.7 Å².